The molecule has 1 aromatic carbocycles. The summed E-state index contributed by atoms with van der Waals surface area (Å²) >= 11 is 0. The minimum Gasteiger partial charge on any atom is -0.481 e. The number of nitrogens with one attached hydrogen (secondary N) is 2. The Bertz CT molecular complexity index is 598. The minimum absolute atomic E-state index is 0.313. The molecule has 0 saturated heterocycles. The Morgan fingerprint density at radius 2 is 2.35 bits per heavy atom. The van der Waals surface area contributed by atoms with Gasteiger partial charge in [-0.05, 0) is 25.5 Å². The Morgan fingerprint density at radius 3 is 3.05 bits per heavy atom. The average molecular weight is 277 g/mol. The first-order valence-electron chi connectivity index (χ1n) is 6.35. The molecule has 0 fully saturated rings. The molecule has 1 atom stereocenters. The summed E-state index contributed by atoms with van der Waals surface area (Å²) in [5.41, 5.74) is 0.913. The molecule has 0 aliphatic carbocycles. The van der Waals surface area contributed by atoms with E-state index in [0.29, 0.717) is 11.6 Å². The van der Waals surface area contributed by atoms with Gasteiger partial charge in [-0.15, -0.1) is 0 Å². The van der Waals surface area contributed by atoms with Crippen LogP contribution in [0.3, 0.4) is 0 Å². The van der Waals surface area contributed by atoms with Gasteiger partial charge in [0.25, 0.3) is 5.91 Å². The molecular formula is C14H16FN3O2. The molecule has 2 N–H and O–H groups in total. The molecule has 106 valence electrons. The summed E-state index contributed by atoms with van der Waals surface area (Å²) in [6.07, 6.45) is 1.67. The molecule has 0 radical (unpaired) electrons. The summed E-state index contributed by atoms with van der Waals surface area (Å²) < 4.78 is 18.4. The summed E-state index contributed by atoms with van der Waals surface area (Å²) in [5.74, 6) is 0.144. The molecule has 0 bridgehead atoms. The van der Waals surface area contributed by atoms with Crippen molar-refractivity contribution < 1.29 is 13.9 Å². The fourth-order valence-corrected chi connectivity index (χ4v) is 1.71. The van der Waals surface area contributed by atoms with Crippen LogP contribution in [0.5, 0.6) is 5.75 Å². The van der Waals surface area contributed by atoms with E-state index in [1.54, 1.807) is 19.2 Å². The van der Waals surface area contributed by atoms with Gasteiger partial charge in [0.05, 0.1) is 6.20 Å². The van der Waals surface area contributed by atoms with Crippen molar-refractivity contribution in [2.24, 2.45) is 0 Å². The van der Waals surface area contributed by atoms with Gasteiger partial charge in [0.1, 0.15) is 17.4 Å². The highest BCUT2D eigenvalue weighted by Crippen LogP contribution is 2.15. The maximum absolute atomic E-state index is 13.0. The number of carbonyl (C=O) groups excluding carboxylic acids is 1. The number of rotatable bonds is 5. The van der Waals surface area contributed by atoms with Crippen LogP contribution in [-0.4, -0.2) is 22.2 Å². The molecule has 2 aromatic rings. The molecule has 1 amide bonds. The molecule has 5 nitrogen and oxygen atoms in total. The van der Waals surface area contributed by atoms with Gasteiger partial charge >= 0.3 is 0 Å². The molecule has 0 aliphatic heterocycles. The Balaban J connectivity index is 1.99. The zero-order valence-electron chi connectivity index (χ0n) is 11.3. The van der Waals surface area contributed by atoms with Crippen molar-refractivity contribution in [1.29, 1.82) is 0 Å². The van der Waals surface area contributed by atoms with E-state index in [1.165, 1.54) is 18.2 Å². The number of H-pyrrole nitrogens is 1. The van der Waals surface area contributed by atoms with Gasteiger partial charge in [0.2, 0.25) is 0 Å². The molecule has 2 rings (SSSR count). The quantitative estimate of drug-likeness (QED) is 0.882. The predicted octanol–water partition coefficient (Wildman–Crippen LogP) is 2.52. The Labute approximate surface area is 116 Å². The molecule has 0 saturated carbocycles. The third-order valence-electron chi connectivity index (χ3n) is 2.83. The lowest BCUT2D eigenvalue weighted by molar-refractivity contribution is -0.122. The van der Waals surface area contributed by atoms with Crippen molar-refractivity contribution in [1.82, 2.24) is 10.2 Å². The number of ether oxygens (including phenoxy) is 1. The molecule has 1 heterocycles. The van der Waals surface area contributed by atoms with Crippen LogP contribution in [0, 0.1) is 5.82 Å². The molecular weight excluding hydrogens is 261 g/mol. The zero-order valence-corrected chi connectivity index (χ0v) is 11.3. The van der Waals surface area contributed by atoms with Crippen molar-refractivity contribution in [2.75, 3.05) is 5.32 Å². The second kappa shape index (κ2) is 6.18. The van der Waals surface area contributed by atoms with E-state index in [0.717, 1.165) is 12.0 Å². The first-order valence-corrected chi connectivity index (χ1v) is 6.35. The van der Waals surface area contributed by atoms with E-state index in [4.69, 9.17) is 4.74 Å². The molecule has 0 aliphatic rings. The van der Waals surface area contributed by atoms with Crippen molar-refractivity contribution >= 4 is 11.7 Å². The van der Waals surface area contributed by atoms with Crippen LogP contribution < -0.4 is 10.1 Å². The lowest BCUT2D eigenvalue weighted by Crippen LogP contribution is -2.30. The first kappa shape index (κ1) is 14.0. The lowest BCUT2D eigenvalue weighted by atomic mass is 10.2. The minimum atomic E-state index is -0.746. The average Bonchev–Trinajstić information content (AvgIpc) is 2.85. The van der Waals surface area contributed by atoms with Crippen molar-refractivity contribution in [2.45, 2.75) is 26.4 Å². The van der Waals surface area contributed by atoms with E-state index in [2.05, 4.69) is 15.5 Å². The van der Waals surface area contributed by atoms with E-state index in [1.807, 2.05) is 6.92 Å². The molecule has 0 spiro atoms. The molecule has 6 heteroatoms. The number of anilines is 1. The second-order valence-electron chi connectivity index (χ2n) is 4.33. The highest BCUT2D eigenvalue weighted by Gasteiger charge is 2.17. The van der Waals surface area contributed by atoms with Crippen LogP contribution in [0.4, 0.5) is 10.2 Å². The number of hydrogen-bond donors (Lipinski definition) is 2. The third kappa shape index (κ3) is 3.34. The topological polar surface area (TPSA) is 67.0 Å². The highest BCUT2D eigenvalue weighted by molar-refractivity contribution is 5.93. The zero-order chi connectivity index (χ0) is 14.5. The van der Waals surface area contributed by atoms with Crippen LogP contribution >= 0.6 is 0 Å². The largest absolute Gasteiger partial charge is 0.481 e. The number of nitrogens with zero attached hydrogens (tertiary/aromatic N) is 1. The fraction of sp³-hybridized carbons (Fsp3) is 0.286. The second-order valence-corrected chi connectivity index (χ2v) is 4.33. The maximum atomic E-state index is 13.0. The third-order valence-corrected chi connectivity index (χ3v) is 2.83. The number of benzene rings is 1. The van der Waals surface area contributed by atoms with Crippen molar-refractivity contribution in [3.63, 3.8) is 0 Å². The van der Waals surface area contributed by atoms with E-state index in [9.17, 15) is 9.18 Å². The smallest absolute Gasteiger partial charge is 0.266 e. The Hall–Kier alpha value is -2.37. The van der Waals surface area contributed by atoms with Crippen molar-refractivity contribution in [3.05, 3.63) is 41.8 Å². The van der Waals surface area contributed by atoms with Gasteiger partial charge in [-0.3, -0.25) is 9.89 Å². The summed E-state index contributed by atoms with van der Waals surface area (Å²) in [5, 5.41) is 9.29. The number of aryl methyl sites for hydroxylation is 1. The van der Waals surface area contributed by atoms with Gasteiger partial charge in [0, 0.05) is 11.6 Å². The maximum Gasteiger partial charge on any atom is 0.266 e. The van der Waals surface area contributed by atoms with E-state index in [-0.39, 0.29) is 5.91 Å². The summed E-state index contributed by atoms with van der Waals surface area (Å²) in [6.45, 7) is 3.56. The predicted molar refractivity (Wildman–Crippen MR) is 73.1 cm³/mol. The lowest BCUT2D eigenvalue weighted by Gasteiger charge is -2.14. The number of halogens is 1. The van der Waals surface area contributed by atoms with Crippen molar-refractivity contribution in [3.8, 4) is 5.75 Å². The van der Waals surface area contributed by atoms with Gasteiger partial charge in [-0.25, -0.2) is 4.39 Å². The van der Waals surface area contributed by atoms with E-state index >= 15 is 0 Å². The van der Waals surface area contributed by atoms with Crippen LogP contribution in [-0.2, 0) is 11.2 Å². The molecule has 1 unspecified atom stereocenters. The SMILES string of the molecule is CCc1cn[nH]c1NC(=O)C(C)Oc1cccc(F)c1. The first-order chi connectivity index (χ1) is 9.60. The van der Waals surface area contributed by atoms with Crippen LogP contribution in [0.1, 0.15) is 19.4 Å². The summed E-state index contributed by atoms with van der Waals surface area (Å²) in [6, 6.07) is 5.67. The van der Waals surface area contributed by atoms with Gasteiger partial charge in [-0.1, -0.05) is 13.0 Å². The van der Waals surface area contributed by atoms with Gasteiger partial charge < -0.3 is 10.1 Å². The number of amides is 1. The van der Waals surface area contributed by atoms with Crippen LogP contribution in [0.25, 0.3) is 0 Å². The summed E-state index contributed by atoms with van der Waals surface area (Å²) in [7, 11) is 0. The fourth-order valence-electron chi connectivity index (χ4n) is 1.71. The Kier molecular flexibility index (Phi) is 4.34. The van der Waals surface area contributed by atoms with Gasteiger partial charge in [0.15, 0.2) is 6.10 Å². The number of aromatic nitrogens is 2. The van der Waals surface area contributed by atoms with Gasteiger partial charge in [-0.2, -0.15) is 5.10 Å². The molecule has 1 aromatic heterocycles. The monoisotopic (exact) mass is 277 g/mol. The normalized spacial score (nSPS) is 11.9. The number of carbonyl (C=O) groups is 1. The summed E-state index contributed by atoms with van der Waals surface area (Å²) in [4.78, 5) is 12.0. The molecule has 20 heavy (non-hydrogen) atoms. The van der Waals surface area contributed by atoms with Crippen LogP contribution in [0.2, 0.25) is 0 Å². The van der Waals surface area contributed by atoms with E-state index < -0.39 is 11.9 Å². The van der Waals surface area contributed by atoms with Crippen LogP contribution in [0.15, 0.2) is 30.5 Å². The standard InChI is InChI=1S/C14H16FN3O2/c1-3-10-8-16-18-13(10)17-14(19)9(2)20-12-6-4-5-11(15)7-12/h4-9H,3H2,1-2H3,(H2,16,17,18,19). The highest BCUT2D eigenvalue weighted by atomic mass is 19.1. The number of aromatic amines is 1. The number of hydrogen-bond acceptors (Lipinski definition) is 3. The Morgan fingerprint density at radius 1 is 1.55 bits per heavy atom.